The lowest BCUT2D eigenvalue weighted by atomic mass is 10.1. The fraction of sp³-hybridized carbons (Fsp3) is 0.286. The fourth-order valence-corrected chi connectivity index (χ4v) is 2.48. The first-order valence-corrected chi connectivity index (χ1v) is 7.09. The lowest BCUT2D eigenvalue weighted by Gasteiger charge is -2.09. The molecule has 0 saturated heterocycles. The number of carbonyl (C=O) groups excluding carboxylic acids is 1. The van der Waals surface area contributed by atoms with Crippen LogP contribution in [0.3, 0.4) is 0 Å². The number of phenolic OH excluding ortho intramolecular Hbond substituents is 1. The number of aromatic hydroxyl groups is 1. The zero-order valence-corrected chi connectivity index (χ0v) is 12.4. The average Bonchev–Trinajstić information content (AvgIpc) is 2.85. The van der Waals surface area contributed by atoms with Gasteiger partial charge in [0.2, 0.25) is 0 Å². The van der Waals surface area contributed by atoms with Crippen LogP contribution in [-0.4, -0.2) is 16.0 Å². The molecule has 0 bridgehead atoms. The van der Waals surface area contributed by atoms with Crippen molar-refractivity contribution >= 4 is 22.9 Å². The zero-order chi connectivity index (χ0) is 14.9. The van der Waals surface area contributed by atoms with Crippen LogP contribution in [0.4, 0.5) is 5.69 Å². The van der Waals surface area contributed by atoms with Crippen molar-refractivity contribution in [1.29, 1.82) is 0 Å². The number of amides is 1. The van der Waals surface area contributed by atoms with Crippen molar-refractivity contribution in [3.05, 3.63) is 39.3 Å². The van der Waals surface area contributed by atoms with Gasteiger partial charge in [-0.25, -0.2) is 4.98 Å². The average molecular weight is 291 g/mol. The van der Waals surface area contributed by atoms with Crippen molar-refractivity contribution in [3.63, 3.8) is 0 Å². The molecule has 0 aliphatic heterocycles. The monoisotopic (exact) mass is 291 g/mol. The number of aryl methyl sites for hydroxylation is 2. The quantitative estimate of drug-likeness (QED) is 0.759. The third-order valence-electron chi connectivity index (χ3n) is 2.94. The number of carbonyl (C=O) groups is 1. The Morgan fingerprint density at radius 2 is 2.10 bits per heavy atom. The van der Waals surface area contributed by atoms with Crippen molar-refractivity contribution in [3.8, 4) is 5.75 Å². The van der Waals surface area contributed by atoms with Gasteiger partial charge in [-0.05, 0) is 44.0 Å². The number of benzene rings is 1. The van der Waals surface area contributed by atoms with Gasteiger partial charge in [0.15, 0.2) is 0 Å². The Balaban J connectivity index is 2.21. The SMILES string of the molecule is Cc1cc(NC(=O)c2csc(C(C)N)n2)c(C)cc1O. The molecule has 1 unspecified atom stereocenters. The van der Waals surface area contributed by atoms with E-state index in [1.54, 1.807) is 24.4 Å². The van der Waals surface area contributed by atoms with E-state index in [-0.39, 0.29) is 17.7 Å². The van der Waals surface area contributed by atoms with Crippen LogP contribution in [0.2, 0.25) is 0 Å². The molecule has 1 atom stereocenters. The molecule has 0 aliphatic carbocycles. The lowest BCUT2D eigenvalue weighted by Crippen LogP contribution is -2.14. The van der Waals surface area contributed by atoms with Crippen molar-refractivity contribution in [2.45, 2.75) is 26.8 Å². The number of nitrogens with one attached hydrogen (secondary N) is 1. The molecule has 0 spiro atoms. The minimum atomic E-state index is -0.277. The van der Waals surface area contributed by atoms with Crippen molar-refractivity contribution in [2.24, 2.45) is 5.73 Å². The summed E-state index contributed by atoms with van der Waals surface area (Å²) in [5.41, 5.74) is 8.25. The minimum Gasteiger partial charge on any atom is -0.508 e. The largest absolute Gasteiger partial charge is 0.508 e. The number of aromatic nitrogens is 1. The lowest BCUT2D eigenvalue weighted by molar-refractivity contribution is 0.102. The highest BCUT2D eigenvalue weighted by Gasteiger charge is 2.14. The number of anilines is 1. The third-order valence-corrected chi connectivity index (χ3v) is 3.98. The van der Waals surface area contributed by atoms with Gasteiger partial charge in [-0.2, -0.15) is 0 Å². The Morgan fingerprint density at radius 3 is 2.70 bits per heavy atom. The maximum Gasteiger partial charge on any atom is 0.275 e. The molecule has 0 radical (unpaired) electrons. The fourth-order valence-electron chi connectivity index (χ4n) is 1.72. The van der Waals surface area contributed by atoms with Crippen LogP contribution in [0.15, 0.2) is 17.5 Å². The van der Waals surface area contributed by atoms with Gasteiger partial charge in [-0.1, -0.05) is 0 Å². The number of rotatable bonds is 3. The van der Waals surface area contributed by atoms with E-state index < -0.39 is 0 Å². The van der Waals surface area contributed by atoms with E-state index in [1.807, 2.05) is 13.8 Å². The number of hydrogen-bond acceptors (Lipinski definition) is 5. The van der Waals surface area contributed by atoms with E-state index in [0.29, 0.717) is 16.9 Å². The van der Waals surface area contributed by atoms with E-state index in [0.717, 1.165) is 10.6 Å². The summed E-state index contributed by atoms with van der Waals surface area (Å²) >= 11 is 1.37. The summed E-state index contributed by atoms with van der Waals surface area (Å²) in [6, 6.07) is 3.18. The van der Waals surface area contributed by atoms with Crippen molar-refractivity contribution in [1.82, 2.24) is 4.98 Å². The molecular formula is C14H17N3O2S. The van der Waals surface area contributed by atoms with Crippen molar-refractivity contribution < 1.29 is 9.90 Å². The van der Waals surface area contributed by atoms with Crippen molar-refractivity contribution in [2.75, 3.05) is 5.32 Å². The molecule has 6 heteroatoms. The number of phenols is 1. The van der Waals surface area contributed by atoms with Crippen LogP contribution in [0.25, 0.3) is 0 Å². The third kappa shape index (κ3) is 2.97. The molecule has 2 rings (SSSR count). The van der Waals surface area contributed by atoms with Gasteiger partial charge in [-0.15, -0.1) is 11.3 Å². The Labute approximate surface area is 121 Å². The summed E-state index contributed by atoms with van der Waals surface area (Å²) in [7, 11) is 0. The molecule has 0 fully saturated rings. The Bertz CT molecular complexity index is 650. The molecule has 1 heterocycles. The van der Waals surface area contributed by atoms with E-state index >= 15 is 0 Å². The Kier molecular flexibility index (Phi) is 4.06. The smallest absolute Gasteiger partial charge is 0.275 e. The van der Waals surface area contributed by atoms with E-state index in [2.05, 4.69) is 10.3 Å². The highest BCUT2D eigenvalue weighted by molar-refractivity contribution is 7.09. The first-order valence-electron chi connectivity index (χ1n) is 6.21. The number of nitrogens with zero attached hydrogens (tertiary/aromatic N) is 1. The van der Waals surface area contributed by atoms with Gasteiger partial charge in [0.25, 0.3) is 5.91 Å². The second-order valence-corrected chi connectivity index (χ2v) is 5.66. The van der Waals surface area contributed by atoms with Crippen LogP contribution in [0.1, 0.15) is 39.6 Å². The zero-order valence-electron chi connectivity index (χ0n) is 11.6. The molecule has 1 aromatic carbocycles. The summed E-state index contributed by atoms with van der Waals surface area (Å²) in [6.07, 6.45) is 0. The molecule has 1 aromatic heterocycles. The van der Waals surface area contributed by atoms with Crippen LogP contribution >= 0.6 is 11.3 Å². The molecule has 0 saturated carbocycles. The normalized spacial score (nSPS) is 12.2. The van der Waals surface area contributed by atoms with Gasteiger partial charge in [0, 0.05) is 11.1 Å². The molecule has 0 aliphatic rings. The second kappa shape index (κ2) is 5.60. The highest BCUT2D eigenvalue weighted by Crippen LogP contribution is 2.25. The highest BCUT2D eigenvalue weighted by atomic mass is 32.1. The van der Waals surface area contributed by atoms with E-state index in [9.17, 15) is 9.90 Å². The van der Waals surface area contributed by atoms with Crippen LogP contribution in [0.5, 0.6) is 5.75 Å². The topological polar surface area (TPSA) is 88.2 Å². The van der Waals surface area contributed by atoms with Gasteiger partial charge in [0.05, 0.1) is 6.04 Å². The van der Waals surface area contributed by atoms with Gasteiger partial charge in [0.1, 0.15) is 16.5 Å². The molecule has 20 heavy (non-hydrogen) atoms. The molecule has 5 nitrogen and oxygen atoms in total. The maximum atomic E-state index is 12.1. The summed E-state index contributed by atoms with van der Waals surface area (Å²) in [4.78, 5) is 16.3. The van der Waals surface area contributed by atoms with Gasteiger partial charge >= 0.3 is 0 Å². The summed E-state index contributed by atoms with van der Waals surface area (Å²) in [5.74, 6) is -0.0604. The van der Waals surface area contributed by atoms with E-state index in [1.165, 1.54) is 11.3 Å². The summed E-state index contributed by atoms with van der Waals surface area (Å²) < 4.78 is 0. The number of thiazole rings is 1. The summed E-state index contributed by atoms with van der Waals surface area (Å²) in [5, 5.41) is 14.8. The van der Waals surface area contributed by atoms with Gasteiger partial charge < -0.3 is 16.2 Å². The second-order valence-electron chi connectivity index (χ2n) is 4.77. The summed E-state index contributed by atoms with van der Waals surface area (Å²) in [6.45, 7) is 5.43. The molecule has 2 aromatic rings. The number of nitrogens with two attached hydrogens (primary N) is 1. The first-order chi connectivity index (χ1) is 9.38. The maximum absolute atomic E-state index is 12.1. The van der Waals surface area contributed by atoms with Crippen LogP contribution < -0.4 is 11.1 Å². The first kappa shape index (κ1) is 14.5. The van der Waals surface area contributed by atoms with Crippen LogP contribution in [0, 0.1) is 13.8 Å². The predicted octanol–water partition coefficient (Wildman–Crippen LogP) is 2.74. The standard InChI is InChI=1S/C14H17N3O2S/c1-7-5-12(18)8(2)4-10(7)16-13(19)11-6-20-14(17-11)9(3)15/h4-6,9,18H,15H2,1-3H3,(H,16,19). The van der Waals surface area contributed by atoms with Crippen LogP contribution in [-0.2, 0) is 0 Å². The minimum absolute atomic E-state index is 0.181. The molecule has 4 N–H and O–H groups in total. The van der Waals surface area contributed by atoms with E-state index in [4.69, 9.17) is 5.73 Å². The number of hydrogen-bond donors (Lipinski definition) is 3. The Morgan fingerprint density at radius 1 is 1.40 bits per heavy atom. The molecular weight excluding hydrogens is 274 g/mol. The van der Waals surface area contributed by atoms with Gasteiger partial charge in [-0.3, -0.25) is 4.79 Å². The molecule has 1 amide bonds. The Hall–Kier alpha value is -1.92. The predicted molar refractivity (Wildman–Crippen MR) is 80.3 cm³/mol. The molecule has 106 valence electrons.